The molecule has 0 bridgehead atoms. The summed E-state index contributed by atoms with van der Waals surface area (Å²) < 4.78 is 20.4. The van der Waals surface area contributed by atoms with Gasteiger partial charge in [0.1, 0.15) is 29.0 Å². The lowest BCUT2D eigenvalue weighted by molar-refractivity contribution is 0.163. The first kappa shape index (κ1) is 28.4. The predicted molar refractivity (Wildman–Crippen MR) is 190 cm³/mol. The van der Waals surface area contributed by atoms with E-state index in [1.54, 1.807) is 18.6 Å². The van der Waals surface area contributed by atoms with Crippen molar-refractivity contribution in [3.05, 3.63) is 139 Å². The fourth-order valence-corrected chi connectivity index (χ4v) is 7.53. The summed E-state index contributed by atoms with van der Waals surface area (Å²) in [6.07, 6.45) is 16.5. The maximum atomic E-state index is 6.98. The molecule has 0 radical (unpaired) electrons. The molecule has 2 aliphatic rings. The van der Waals surface area contributed by atoms with Crippen LogP contribution in [0.3, 0.4) is 0 Å². The van der Waals surface area contributed by atoms with Crippen LogP contribution in [0.1, 0.15) is 24.5 Å². The first-order chi connectivity index (χ1) is 24.8. The molecule has 10 rings (SSSR count). The monoisotopic (exact) mass is 652 g/mol. The summed E-state index contributed by atoms with van der Waals surface area (Å²) in [5.41, 5.74) is 6.94. The molecule has 5 aromatic heterocycles. The molecular weight excluding hydrogens is 624 g/mol. The molecule has 2 unspecified atom stereocenters. The van der Waals surface area contributed by atoms with Crippen molar-refractivity contribution in [2.24, 2.45) is 5.92 Å². The Morgan fingerprint density at radius 3 is 2.44 bits per heavy atom. The molecule has 1 aliphatic carbocycles. The molecule has 8 aromatic rings. The van der Waals surface area contributed by atoms with Gasteiger partial charge in [0.05, 0.1) is 17.7 Å². The topological polar surface area (TPSA) is 116 Å². The van der Waals surface area contributed by atoms with Gasteiger partial charge in [0, 0.05) is 80.2 Å². The first-order valence-corrected chi connectivity index (χ1v) is 16.6. The largest absolute Gasteiger partial charge is 0.490 e. The number of nitrogens with one attached hydrogen (secondary N) is 1. The second-order valence-corrected chi connectivity index (χ2v) is 12.5. The van der Waals surface area contributed by atoms with E-state index in [0.29, 0.717) is 28.7 Å². The standard InChI is InChI=1S/C41H28N6O3/c1-4-12-27-26(11-1)23-48-40(27)38-34(29-16-20-45-47-29)35(28-13-7-19-44-46-28)39(41-42-17-8-18-43-41)37(33-22-25-10-3-6-15-31(25)50-33)36(38)32-21-24-9-2-5-14-30(24)49-32/h1-8,10-20,22-24,32H,9,21H2,(H,45,47). The number of para-hydroxylation sites is 1. The van der Waals surface area contributed by atoms with Crippen molar-refractivity contribution in [1.82, 2.24) is 30.4 Å². The highest BCUT2D eigenvalue weighted by molar-refractivity contribution is 6.10. The van der Waals surface area contributed by atoms with Crippen molar-refractivity contribution in [1.29, 1.82) is 0 Å². The van der Waals surface area contributed by atoms with Crippen LogP contribution in [0.4, 0.5) is 0 Å². The Hall–Kier alpha value is -6.61. The van der Waals surface area contributed by atoms with Gasteiger partial charge in [0.15, 0.2) is 5.82 Å². The minimum absolute atomic E-state index is 0.236. The molecule has 3 aromatic carbocycles. The number of aromatic nitrogens is 6. The third-order valence-electron chi connectivity index (χ3n) is 9.64. The summed E-state index contributed by atoms with van der Waals surface area (Å²) in [6, 6.07) is 25.9. The molecule has 50 heavy (non-hydrogen) atoms. The number of allylic oxidation sites excluding steroid dienone is 4. The lowest BCUT2D eigenvalue weighted by Crippen LogP contribution is -2.09. The average molecular weight is 653 g/mol. The van der Waals surface area contributed by atoms with Gasteiger partial charge in [-0.25, -0.2) is 9.97 Å². The summed E-state index contributed by atoms with van der Waals surface area (Å²) in [6.45, 7) is 0. The van der Waals surface area contributed by atoms with Crippen LogP contribution < -0.4 is 0 Å². The highest BCUT2D eigenvalue weighted by atomic mass is 16.5. The van der Waals surface area contributed by atoms with Crippen molar-refractivity contribution in [3.63, 3.8) is 0 Å². The zero-order valence-corrected chi connectivity index (χ0v) is 26.7. The van der Waals surface area contributed by atoms with Gasteiger partial charge in [-0.05, 0) is 55.3 Å². The molecule has 1 fully saturated rings. The predicted octanol–water partition coefficient (Wildman–Crippen LogP) is 9.74. The number of aromatic amines is 1. The molecule has 240 valence electrons. The fourth-order valence-electron chi connectivity index (χ4n) is 7.53. The van der Waals surface area contributed by atoms with Crippen LogP contribution in [0, 0.1) is 5.92 Å². The molecule has 0 saturated carbocycles. The van der Waals surface area contributed by atoms with E-state index in [2.05, 4.69) is 52.7 Å². The van der Waals surface area contributed by atoms with Crippen LogP contribution in [0.25, 0.3) is 78.3 Å². The van der Waals surface area contributed by atoms with Crippen molar-refractivity contribution >= 4 is 21.7 Å². The molecule has 9 heteroatoms. The second-order valence-electron chi connectivity index (χ2n) is 12.5. The lowest BCUT2D eigenvalue weighted by Gasteiger charge is -2.26. The smallest absolute Gasteiger partial charge is 0.160 e. The van der Waals surface area contributed by atoms with E-state index in [-0.39, 0.29) is 12.0 Å². The molecule has 1 N–H and O–H groups in total. The normalized spacial score (nSPS) is 16.8. The molecule has 0 amide bonds. The Kier molecular flexibility index (Phi) is 6.55. The number of nitrogens with zero attached hydrogens (tertiary/aromatic N) is 5. The summed E-state index contributed by atoms with van der Waals surface area (Å²) >= 11 is 0. The van der Waals surface area contributed by atoms with Crippen molar-refractivity contribution in [3.8, 4) is 56.6 Å². The highest BCUT2D eigenvalue weighted by Crippen LogP contribution is 2.57. The molecule has 9 nitrogen and oxygen atoms in total. The van der Waals surface area contributed by atoms with Gasteiger partial charge in [-0.3, -0.25) is 5.10 Å². The SMILES string of the molecule is C1=CCC2CC(c3c(-c4cc5ccccc5o4)c(-c4ncccn4)c(-c4cccnn4)c(-c4cc[nH]n4)c3-c3occ4ccccc34)OC2=C1. The third-order valence-corrected chi connectivity index (χ3v) is 9.64. The number of furan rings is 2. The Morgan fingerprint density at radius 1 is 0.760 bits per heavy atom. The van der Waals surface area contributed by atoms with Crippen LogP contribution in [-0.4, -0.2) is 30.4 Å². The zero-order valence-electron chi connectivity index (χ0n) is 26.7. The quantitative estimate of drug-likeness (QED) is 0.189. The maximum Gasteiger partial charge on any atom is 0.160 e. The van der Waals surface area contributed by atoms with Gasteiger partial charge in [0.25, 0.3) is 0 Å². The molecule has 2 atom stereocenters. The van der Waals surface area contributed by atoms with Gasteiger partial charge in [-0.15, -0.1) is 0 Å². The number of fused-ring (bicyclic) bond motifs is 3. The van der Waals surface area contributed by atoms with E-state index in [9.17, 15) is 0 Å². The van der Waals surface area contributed by atoms with Gasteiger partial charge in [-0.2, -0.15) is 15.3 Å². The molecule has 6 heterocycles. The first-order valence-electron chi connectivity index (χ1n) is 16.6. The van der Waals surface area contributed by atoms with Crippen LogP contribution in [0.2, 0.25) is 0 Å². The number of ether oxygens (including phenoxy) is 1. The summed E-state index contributed by atoms with van der Waals surface area (Å²) in [7, 11) is 0. The number of H-pyrrole nitrogens is 1. The van der Waals surface area contributed by atoms with E-state index in [0.717, 1.165) is 73.7 Å². The summed E-state index contributed by atoms with van der Waals surface area (Å²) in [5.74, 6) is 3.07. The molecular formula is C41H28N6O3. The van der Waals surface area contributed by atoms with Crippen LogP contribution in [-0.2, 0) is 4.74 Å². The van der Waals surface area contributed by atoms with Gasteiger partial charge < -0.3 is 13.6 Å². The van der Waals surface area contributed by atoms with E-state index in [1.165, 1.54) is 0 Å². The number of hydrogen-bond acceptors (Lipinski definition) is 8. The Labute approximate surface area is 286 Å². The van der Waals surface area contributed by atoms with Gasteiger partial charge >= 0.3 is 0 Å². The Bertz CT molecular complexity index is 2550. The lowest BCUT2D eigenvalue weighted by atomic mass is 9.78. The van der Waals surface area contributed by atoms with E-state index in [1.807, 2.05) is 67.1 Å². The summed E-state index contributed by atoms with van der Waals surface area (Å²) in [5, 5.41) is 19.8. The Morgan fingerprint density at radius 2 is 1.62 bits per heavy atom. The van der Waals surface area contributed by atoms with Crippen molar-refractivity contribution < 1.29 is 13.6 Å². The van der Waals surface area contributed by atoms with Crippen LogP contribution in [0.15, 0.2) is 143 Å². The van der Waals surface area contributed by atoms with Crippen LogP contribution >= 0.6 is 0 Å². The minimum atomic E-state index is -0.371. The van der Waals surface area contributed by atoms with E-state index < -0.39 is 0 Å². The van der Waals surface area contributed by atoms with Crippen molar-refractivity contribution in [2.75, 3.05) is 0 Å². The fraction of sp³-hybridized carbons (Fsp3) is 0.0976. The summed E-state index contributed by atoms with van der Waals surface area (Å²) in [4.78, 5) is 9.73. The molecule has 0 spiro atoms. The maximum absolute atomic E-state index is 6.98. The van der Waals surface area contributed by atoms with E-state index >= 15 is 0 Å². The minimum Gasteiger partial charge on any atom is -0.490 e. The third kappa shape index (κ3) is 4.51. The van der Waals surface area contributed by atoms with Gasteiger partial charge in [0.2, 0.25) is 0 Å². The van der Waals surface area contributed by atoms with Crippen LogP contribution in [0.5, 0.6) is 0 Å². The van der Waals surface area contributed by atoms with Crippen molar-refractivity contribution in [2.45, 2.75) is 18.9 Å². The number of hydrogen-bond donors (Lipinski definition) is 1. The van der Waals surface area contributed by atoms with E-state index in [4.69, 9.17) is 33.7 Å². The second kappa shape index (κ2) is 11.5. The zero-order chi connectivity index (χ0) is 33.0. The molecule has 1 aliphatic heterocycles. The number of rotatable bonds is 6. The Balaban J connectivity index is 1.45. The number of benzene rings is 3. The average Bonchev–Trinajstić information content (AvgIpc) is 4.00. The molecule has 1 saturated heterocycles. The van der Waals surface area contributed by atoms with Gasteiger partial charge in [-0.1, -0.05) is 54.6 Å². The highest BCUT2D eigenvalue weighted by Gasteiger charge is 2.41.